The highest BCUT2D eigenvalue weighted by Gasteiger charge is 2.16. The van der Waals surface area contributed by atoms with Crippen molar-refractivity contribution in [3.05, 3.63) is 45.4 Å². The van der Waals surface area contributed by atoms with Crippen molar-refractivity contribution < 1.29 is 4.92 Å². The number of allylic oxidation sites excluding steroid dienone is 1. The fraction of sp³-hybridized carbons (Fsp3) is 0.100. The molecule has 6 nitrogen and oxygen atoms in total. The number of aromatic nitrogens is 2. The van der Waals surface area contributed by atoms with E-state index in [0.717, 1.165) is 0 Å². The minimum atomic E-state index is -0.527. The summed E-state index contributed by atoms with van der Waals surface area (Å²) in [7, 11) is 0. The maximum Gasteiger partial charge on any atom is 0.330 e. The first-order chi connectivity index (χ1) is 7.52. The zero-order valence-corrected chi connectivity index (χ0v) is 8.56. The number of H-pyrrole nitrogens is 1. The van der Waals surface area contributed by atoms with Crippen LogP contribution in [0.4, 0.5) is 5.69 Å². The summed E-state index contributed by atoms with van der Waals surface area (Å²) in [6, 6.07) is 4.52. The number of aromatic amines is 1. The molecule has 1 aromatic carbocycles. The van der Waals surface area contributed by atoms with Gasteiger partial charge in [-0.1, -0.05) is 12.6 Å². The summed E-state index contributed by atoms with van der Waals surface area (Å²) in [5.41, 5.74) is 0.662. The second kappa shape index (κ2) is 3.34. The summed E-state index contributed by atoms with van der Waals surface area (Å²) in [5.74, 6) is 0. The van der Waals surface area contributed by atoms with Gasteiger partial charge in [-0.3, -0.25) is 19.7 Å². The summed E-state index contributed by atoms with van der Waals surface area (Å²) in [6.07, 6.45) is 0. The monoisotopic (exact) mass is 219 g/mol. The molecule has 0 atom stereocenters. The van der Waals surface area contributed by atoms with Crippen LogP contribution in [0.1, 0.15) is 6.92 Å². The highest BCUT2D eigenvalue weighted by atomic mass is 16.6. The number of nitro groups is 1. The van der Waals surface area contributed by atoms with E-state index in [0.29, 0.717) is 11.2 Å². The number of non-ortho nitro benzene ring substituents is 1. The second-order valence-electron chi connectivity index (χ2n) is 3.43. The Hall–Kier alpha value is -2.37. The Bertz CT molecular complexity index is 651. The average Bonchev–Trinajstić information content (AvgIpc) is 2.52. The molecule has 0 bridgehead atoms. The number of nitro benzene ring substituents is 1. The van der Waals surface area contributed by atoms with Gasteiger partial charge in [0.15, 0.2) is 0 Å². The zero-order valence-electron chi connectivity index (χ0n) is 8.56. The molecule has 0 aliphatic carbocycles. The molecule has 1 heterocycles. The number of imidazole rings is 1. The number of fused-ring (bicyclic) bond motifs is 1. The van der Waals surface area contributed by atoms with E-state index in [9.17, 15) is 14.9 Å². The minimum absolute atomic E-state index is 0.116. The molecular formula is C10H9N3O3. The van der Waals surface area contributed by atoms with Crippen molar-refractivity contribution in [3.63, 3.8) is 0 Å². The predicted molar refractivity (Wildman–Crippen MR) is 60.2 cm³/mol. The molecule has 1 aromatic heterocycles. The molecule has 0 amide bonds. The van der Waals surface area contributed by atoms with Gasteiger partial charge in [0.1, 0.15) is 5.52 Å². The van der Waals surface area contributed by atoms with Crippen LogP contribution in [0.25, 0.3) is 16.7 Å². The van der Waals surface area contributed by atoms with Crippen molar-refractivity contribution in [1.29, 1.82) is 0 Å². The van der Waals surface area contributed by atoms with Crippen LogP contribution in [0, 0.1) is 10.1 Å². The Morgan fingerprint density at radius 2 is 2.25 bits per heavy atom. The van der Waals surface area contributed by atoms with Crippen molar-refractivity contribution in [2.75, 3.05) is 0 Å². The Labute approximate surface area is 90.0 Å². The lowest BCUT2D eigenvalue weighted by Crippen LogP contribution is -2.13. The first-order valence-electron chi connectivity index (χ1n) is 4.56. The largest absolute Gasteiger partial charge is 0.330 e. The maximum atomic E-state index is 11.6. The molecule has 0 unspecified atom stereocenters. The van der Waals surface area contributed by atoms with E-state index in [1.54, 1.807) is 13.0 Å². The summed E-state index contributed by atoms with van der Waals surface area (Å²) < 4.78 is 1.31. The quantitative estimate of drug-likeness (QED) is 0.616. The highest BCUT2D eigenvalue weighted by Crippen LogP contribution is 2.23. The van der Waals surface area contributed by atoms with Crippen LogP contribution >= 0.6 is 0 Å². The van der Waals surface area contributed by atoms with Gasteiger partial charge in [0, 0.05) is 11.8 Å². The fourth-order valence-electron chi connectivity index (χ4n) is 1.65. The van der Waals surface area contributed by atoms with E-state index in [1.807, 2.05) is 0 Å². The van der Waals surface area contributed by atoms with Gasteiger partial charge in [0.25, 0.3) is 5.69 Å². The van der Waals surface area contributed by atoms with Crippen LogP contribution in [-0.4, -0.2) is 14.5 Å². The topological polar surface area (TPSA) is 80.9 Å². The number of hydrogen-bond donors (Lipinski definition) is 1. The molecule has 6 heteroatoms. The lowest BCUT2D eigenvalue weighted by atomic mass is 10.2. The van der Waals surface area contributed by atoms with E-state index in [-0.39, 0.29) is 11.2 Å². The third-order valence-corrected chi connectivity index (χ3v) is 2.27. The van der Waals surface area contributed by atoms with Gasteiger partial charge in [0.05, 0.1) is 10.4 Å². The van der Waals surface area contributed by atoms with Crippen LogP contribution in [-0.2, 0) is 0 Å². The normalized spacial score (nSPS) is 10.6. The molecule has 0 radical (unpaired) electrons. The van der Waals surface area contributed by atoms with Crippen LogP contribution < -0.4 is 5.69 Å². The highest BCUT2D eigenvalue weighted by molar-refractivity contribution is 5.86. The third-order valence-electron chi connectivity index (χ3n) is 2.27. The first kappa shape index (κ1) is 10.2. The maximum absolute atomic E-state index is 11.6. The Morgan fingerprint density at radius 3 is 2.81 bits per heavy atom. The molecule has 2 aromatic rings. The van der Waals surface area contributed by atoms with E-state index in [2.05, 4.69) is 11.6 Å². The SMILES string of the molecule is C=C(C)n1c(=O)[nH]c2c([N+](=O)[O-])cccc21. The minimum Gasteiger partial charge on any atom is -0.300 e. The zero-order chi connectivity index (χ0) is 11.9. The Balaban J connectivity index is 2.94. The van der Waals surface area contributed by atoms with E-state index < -0.39 is 10.6 Å². The summed E-state index contributed by atoms with van der Waals surface area (Å²) in [4.78, 5) is 24.3. The first-order valence-corrected chi connectivity index (χ1v) is 4.56. The molecule has 16 heavy (non-hydrogen) atoms. The number of hydrogen-bond acceptors (Lipinski definition) is 3. The van der Waals surface area contributed by atoms with Crippen molar-refractivity contribution in [2.45, 2.75) is 6.92 Å². The van der Waals surface area contributed by atoms with Crippen LogP contribution in [0.5, 0.6) is 0 Å². The summed E-state index contributed by atoms with van der Waals surface area (Å²) >= 11 is 0. The van der Waals surface area contributed by atoms with Gasteiger partial charge in [-0.15, -0.1) is 0 Å². The second-order valence-corrected chi connectivity index (χ2v) is 3.43. The molecule has 0 fully saturated rings. The molecule has 2 rings (SSSR count). The number of para-hydroxylation sites is 1. The molecule has 0 aliphatic heterocycles. The Morgan fingerprint density at radius 1 is 1.56 bits per heavy atom. The fourth-order valence-corrected chi connectivity index (χ4v) is 1.65. The lowest BCUT2D eigenvalue weighted by molar-refractivity contribution is -0.383. The van der Waals surface area contributed by atoms with E-state index in [1.165, 1.54) is 16.7 Å². The molecule has 1 N–H and O–H groups in total. The van der Waals surface area contributed by atoms with Crippen molar-refractivity contribution in [2.24, 2.45) is 0 Å². The Kier molecular flexibility index (Phi) is 2.12. The van der Waals surface area contributed by atoms with Crippen molar-refractivity contribution in [1.82, 2.24) is 9.55 Å². The van der Waals surface area contributed by atoms with Crippen LogP contribution in [0.3, 0.4) is 0 Å². The van der Waals surface area contributed by atoms with Gasteiger partial charge in [0.2, 0.25) is 0 Å². The smallest absolute Gasteiger partial charge is 0.300 e. The average molecular weight is 219 g/mol. The van der Waals surface area contributed by atoms with E-state index >= 15 is 0 Å². The molecule has 0 saturated heterocycles. The molecule has 0 spiro atoms. The predicted octanol–water partition coefficient (Wildman–Crippen LogP) is 1.73. The van der Waals surface area contributed by atoms with E-state index in [4.69, 9.17) is 0 Å². The molecule has 0 aliphatic rings. The third kappa shape index (κ3) is 1.31. The van der Waals surface area contributed by atoms with Gasteiger partial charge < -0.3 is 0 Å². The standard InChI is InChI=1S/C10H9N3O3/c1-6(2)12-7-4-3-5-8(13(15)16)9(7)11-10(12)14/h3-5H,1H2,2H3,(H,11,14). The lowest BCUT2D eigenvalue weighted by Gasteiger charge is -1.99. The van der Waals surface area contributed by atoms with Gasteiger partial charge >= 0.3 is 5.69 Å². The molecular weight excluding hydrogens is 210 g/mol. The van der Waals surface area contributed by atoms with Crippen LogP contribution in [0.15, 0.2) is 29.6 Å². The van der Waals surface area contributed by atoms with Gasteiger partial charge in [-0.05, 0) is 13.0 Å². The van der Waals surface area contributed by atoms with Gasteiger partial charge in [-0.2, -0.15) is 0 Å². The number of rotatable bonds is 2. The van der Waals surface area contributed by atoms with Crippen LogP contribution in [0.2, 0.25) is 0 Å². The summed E-state index contributed by atoms with van der Waals surface area (Å²) in [5, 5.41) is 10.8. The number of nitrogens with zero attached hydrogens (tertiary/aromatic N) is 2. The summed E-state index contributed by atoms with van der Waals surface area (Å²) in [6.45, 7) is 5.32. The molecule has 82 valence electrons. The molecule has 0 saturated carbocycles. The number of benzene rings is 1. The van der Waals surface area contributed by atoms with Crippen molar-refractivity contribution >= 4 is 22.4 Å². The number of nitrogens with one attached hydrogen (secondary N) is 1. The van der Waals surface area contributed by atoms with Crippen molar-refractivity contribution in [3.8, 4) is 0 Å². The van der Waals surface area contributed by atoms with Gasteiger partial charge in [-0.25, -0.2) is 4.79 Å².